The van der Waals surface area contributed by atoms with Gasteiger partial charge in [-0.15, -0.1) is 0 Å². The van der Waals surface area contributed by atoms with E-state index in [0.29, 0.717) is 24.3 Å². The lowest BCUT2D eigenvalue weighted by molar-refractivity contribution is -0.129. The molecule has 0 unspecified atom stereocenters. The highest BCUT2D eigenvalue weighted by atomic mass is 32.2. The first-order valence-electron chi connectivity index (χ1n) is 7.72. The van der Waals surface area contributed by atoms with Crippen LogP contribution in [0.3, 0.4) is 0 Å². The van der Waals surface area contributed by atoms with Crippen LogP contribution in [0.15, 0.2) is 5.16 Å². The maximum absolute atomic E-state index is 12.8. The van der Waals surface area contributed by atoms with Crippen molar-refractivity contribution in [1.82, 2.24) is 5.32 Å². The lowest BCUT2D eigenvalue weighted by Gasteiger charge is -2.33. The van der Waals surface area contributed by atoms with Gasteiger partial charge in [0.25, 0.3) is 0 Å². The summed E-state index contributed by atoms with van der Waals surface area (Å²) in [5.41, 5.74) is 5.00. The summed E-state index contributed by atoms with van der Waals surface area (Å²) in [6.45, 7) is 0. The van der Waals surface area contributed by atoms with E-state index in [-0.39, 0.29) is 17.8 Å². The normalized spacial score (nSPS) is 30.4. The highest BCUT2D eigenvalue weighted by molar-refractivity contribution is 7.85. The summed E-state index contributed by atoms with van der Waals surface area (Å²) < 4.78 is 11.4. The fourth-order valence-corrected chi connectivity index (χ4v) is 4.59. The van der Waals surface area contributed by atoms with Gasteiger partial charge < -0.3 is 16.3 Å². The summed E-state index contributed by atoms with van der Waals surface area (Å²) in [6.07, 6.45) is 6.74. The predicted molar refractivity (Wildman–Crippen MR) is 82.6 cm³/mol. The standard InChI is InChI=1S/C14H25N3O3S/c15-12(17-19)14(7-3-1-2-4-8-14)13(18)16-11-5-9-21(20)10-6-11/h11,19H,1-10H2,(H2,15,17)(H,16,18). The average Bonchev–Trinajstić information content (AvgIpc) is 2.75. The Kier molecular flexibility index (Phi) is 5.61. The maximum atomic E-state index is 12.8. The van der Waals surface area contributed by atoms with Crippen molar-refractivity contribution in [2.45, 2.75) is 57.4 Å². The Morgan fingerprint density at radius 3 is 2.29 bits per heavy atom. The number of carbonyl (C=O) groups is 1. The Morgan fingerprint density at radius 1 is 1.19 bits per heavy atom. The van der Waals surface area contributed by atoms with Crippen LogP contribution in [0, 0.1) is 5.41 Å². The minimum Gasteiger partial charge on any atom is -0.409 e. The molecule has 1 amide bonds. The number of rotatable bonds is 3. The summed E-state index contributed by atoms with van der Waals surface area (Å²) in [6, 6.07) is 0.0572. The molecule has 0 spiro atoms. The first-order valence-corrected chi connectivity index (χ1v) is 9.21. The molecular weight excluding hydrogens is 290 g/mol. The van der Waals surface area contributed by atoms with Crippen molar-refractivity contribution in [1.29, 1.82) is 0 Å². The van der Waals surface area contributed by atoms with Crippen LogP contribution in [-0.4, -0.2) is 38.7 Å². The van der Waals surface area contributed by atoms with Crippen molar-refractivity contribution in [3.8, 4) is 0 Å². The van der Waals surface area contributed by atoms with Crippen LogP contribution in [0.4, 0.5) is 0 Å². The van der Waals surface area contributed by atoms with Gasteiger partial charge in [-0.25, -0.2) is 0 Å². The molecule has 0 aromatic rings. The lowest BCUT2D eigenvalue weighted by Crippen LogP contribution is -2.53. The van der Waals surface area contributed by atoms with Crippen LogP contribution < -0.4 is 11.1 Å². The Labute approximate surface area is 128 Å². The van der Waals surface area contributed by atoms with E-state index in [0.717, 1.165) is 38.5 Å². The van der Waals surface area contributed by atoms with Crippen LogP contribution in [0.5, 0.6) is 0 Å². The minimum absolute atomic E-state index is 0.0290. The van der Waals surface area contributed by atoms with Gasteiger partial charge in [0.1, 0.15) is 5.41 Å². The van der Waals surface area contributed by atoms with E-state index >= 15 is 0 Å². The van der Waals surface area contributed by atoms with E-state index < -0.39 is 16.2 Å². The number of carbonyl (C=O) groups excluding carboxylic acids is 1. The summed E-state index contributed by atoms with van der Waals surface area (Å²) in [7, 11) is -0.744. The molecule has 120 valence electrons. The topological polar surface area (TPSA) is 105 Å². The number of nitrogens with two attached hydrogens (primary N) is 1. The molecule has 1 saturated heterocycles. The fourth-order valence-electron chi connectivity index (χ4n) is 3.29. The van der Waals surface area contributed by atoms with Crippen LogP contribution in [0.1, 0.15) is 51.4 Å². The van der Waals surface area contributed by atoms with E-state index in [9.17, 15) is 9.00 Å². The smallest absolute Gasteiger partial charge is 0.234 e. The van der Waals surface area contributed by atoms with Crippen molar-refractivity contribution in [2.24, 2.45) is 16.3 Å². The second-order valence-corrected chi connectivity index (χ2v) is 7.77. The number of hydrogen-bond acceptors (Lipinski definition) is 4. The molecule has 7 heteroatoms. The number of nitrogens with one attached hydrogen (secondary N) is 1. The molecule has 2 rings (SSSR count). The van der Waals surface area contributed by atoms with Crippen molar-refractivity contribution in [3.63, 3.8) is 0 Å². The van der Waals surface area contributed by atoms with Gasteiger partial charge in [0.2, 0.25) is 5.91 Å². The van der Waals surface area contributed by atoms with Crippen LogP contribution in [0.25, 0.3) is 0 Å². The van der Waals surface area contributed by atoms with Gasteiger partial charge in [0.15, 0.2) is 5.84 Å². The number of nitrogens with zero attached hydrogens (tertiary/aromatic N) is 1. The molecule has 1 heterocycles. The Hall–Kier alpha value is -1.11. The third kappa shape index (κ3) is 3.75. The van der Waals surface area contributed by atoms with Crippen LogP contribution in [-0.2, 0) is 15.6 Å². The lowest BCUT2D eigenvalue weighted by atomic mass is 9.78. The predicted octanol–water partition coefficient (Wildman–Crippen LogP) is 1.10. The molecule has 0 aromatic heterocycles. The summed E-state index contributed by atoms with van der Waals surface area (Å²) in [5.74, 6) is 1.18. The molecule has 0 atom stereocenters. The van der Waals surface area contributed by atoms with E-state index in [1.54, 1.807) is 0 Å². The number of amides is 1. The maximum Gasteiger partial charge on any atom is 0.234 e. The Morgan fingerprint density at radius 2 is 1.76 bits per heavy atom. The first kappa shape index (κ1) is 16.3. The van der Waals surface area contributed by atoms with Crippen molar-refractivity contribution in [2.75, 3.05) is 11.5 Å². The molecule has 1 aliphatic carbocycles. The summed E-state index contributed by atoms with van der Waals surface area (Å²) in [4.78, 5) is 12.8. The SMILES string of the molecule is NC(=NO)C1(C(=O)NC2CCS(=O)CC2)CCCCCC1. The monoisotopic (exact) mass is 315 g/mol. The van der Waals surface area contributed by atoms with Crippen molar-refractivity contribution in [3.05, 3.63) is 0 Å². The van der Waals surface area contributed by atoms with Crippen molar-refractivity contribution < 1.29 is 14.2 Å². The average molecular weight is 315 g/mol. The fraction of sp³-hybridized carbons (Fsp3) is 0.857. The van der Waals surface area contributed by atoms with Gasteiger partial charge in [-0.05, 0) is 25.7 Å². The molecule has 4 N–H and O–H groups in total. The highest BCUT2D eigenvalue weighted by Crippen LogP contribution is 2.36. The van der Waals surface area contributed by atoms with Crippen LogP contribution in [0.2, 0.25) is 0 Å². The first-order chi connectivity index (χ1) is 10.1. The minimum atomic E-state index is -0.873. The largest absolute Gasteiger partial charge is 0.409 e. The van der Waals surface area contributed by atoms with Crippen LogP contribution >= 0.6 is 0 Å². The van der Waals surface area contributed by atoms with Crippen molar-refractivity contribution >= 4 is 22.5 Å². The zero-order valence-electron chi connectivity index (χ0n) is 12.3. The van der Waals surface area contributed by atoms with Gasteiger partial charge in [0.05, 0.1) is 0 Å². The molecule has 21 heavy (non-hydrogen) atoms. The molecule has 2 aliphatic rings. The molecule has 6 nitrogen and oxygen atoms in total. The zero-order valence-corrected chi connectivity index (χ0v) is 13.2. The third-order valence-electron chi connectivity index (χ3n) is 4.71. The molecule has 2 fully saturated rings. The quantitative estimate of drug-likeness (QED) is 0.238. The Balaban J connectivity index is 2.09. The second-order valence-electron chi connectivity index (χ2n) is 6.08. The number of amidine groups is 1. The molecule has 0 radical (unpaired) electrons. The Bertz CT molecular complexity index is 421. The van der Waals surface area contributed by atoms with Gasteiger partial charge in [-0.2, -0.15) is 0 Å². The van der Waals surface area contributed by atoms with Gasteiger partial charge >= 0.3 is 0 Å². The van der Waals surface area contributed by atoms with E-state index in [1.807, 2.05) is 0 Å². The molecular formula is C14H25N3O3S. The molecule has 0 bridgehead atoms. The van der Waals surface area contributed by atoms with E-state index in [4.69, 9.17) is 10.9 Å². The number of hydrogen-bond donors (Lipinski definition) is 3. The van der Waals surface area contributed by atoms with Gasteiger partial charge in [-0.3, -0.25) is 9.00 Å². The molecule has 1 saturated carbocycles. The van der Waals surface area contributed by atoms with E-state index in [1.165, 1.54) is 0 Å². The second kappa shape index (κ2) is 7.24. The zero-order chi connectivity index (χ0) is 15.3. The number of oxime groups is 1. The van der Waals surface area contributed by atoms with Gasteiger partial charge in [0, 0.05) is 28.3 Å². The summed E-state index contributed by atoms with van der Waals surface area (Å²) in [5, 5.41) is 15.3. The van der Waals surface area contributed by atoms with E-state index in [2.05, 4.69) is 10.5 Å². The highest BCUT2D eigenvalue weighted by Gasteiger charge is 2.43. The summed E-state index contributed by atoms with van der Waals surface area (Å²) >= 11 is 0. The molecule has 1 aliphatic heterocycles. The molecule has 0 aromatic carbocycles. The van der Waals surface area contributed by atoms with Gasteiger partial charge in [-0.1, -0.05) is 30.8 Å². The third-order valence-corrected chi connectivity index (χ3v) is 6.10.